The first kappa shape index (κ1) is 11.6. The zero-order valence-electron chi connectivity index (χ0n) is 9.67. The average molecular weight is 221 g/mol. The molecule has 1 saturated heterocycles. The summed E-state index contributed by atoms with van der Waals surface area (Å²) in [6.07, 6.45) is 0. The highest BCUT2D eigenvalue weighted by molar-refractivity contribution is 5.21. The minimum atomic E-state index is 0.157. The van der Waals surface area contributed by atoms with Crippen molar-refractivity contribution >= 4 is 0 Å². The van der Waals surface area contributed by atoms with Crippen molar-refractivity contribution in [2.24, 2.45) is 0 Å². The molecule has 0 bridgehead atoms. The Balaban J connectivity index is 2.22. The zero-order valence-corrected chi connectivity index (χ0v) is 9.67. The maximum absolute atomic E-state index is 9.52. The minimum Gasteiger partial charge on any atom is -0.395 e. The number of nitrogens with zero attached hydrogens (tertiary/aromatic N) is 1. The van der Waals surface area contributed by atoms with Crippen LogP contribution in [0.1, 0.15) is 11.5 Å². The van der Waals surface area contributed by atoms with Gasteiger partial charge < -0.3 is 9.84 Å². The smallest absolute Gasteiger partial charge is 0.0593 e. The van der Waals surface area contributed by atoms with Crippen LogP contribution in [-0.4, -0.2) is 49.5 Å². The molecule has 2 rings (SSSR count). The first-order valence-corrected chi connectivity index (χ1v) is 5.76. The Kier molecular flexibility index (Phi) is 3.93. The second kappa shape index (κ2) is 5.43. The summed E-state index contributed by atoms with van der Waals surface area (Å²) in [6.45, 7) is 2.50. The molecule has 0 aromatic heterocycles. The van der Waals surface area contributed by atoms with Gasteiger partial charge in [-0.2, -0.15) is 0 Å². The number of likely N-dealkylation sites (N-methyl/N-ethyl adjacent to an activating group) is 1. The van der Waals surface area contributed by atoms with Crippen LogP contribution in [0, 0.1) is 0 Å². The fraction of sp³-hybridized carbons (Fsp3) is 0.538. The maximum atomic E-state index is 9.52. The number of aliphatic hydroxyl groups excluding tert-OH is 1. The Hall–Kier alpha value is -0.900. The number of hydrogen-bond acceptors (Lipinski definition) is 3. The largest absolute Gasteiger partial charge is 0.395 e. The van der Waals surface area contributed by atoms with Gasteiger partial charge in [0.2, 0.25) is 0 Å². The van der Waals surface area contributed by atoms with Crippen LogP contribution in [0.4, 0.5) is 0 Å². The van der Waals surface area contributed by atoms with Gasteiger partial charge in [-0.3, -0.25) is 4.90 Å². The molecule has 16 heavy (non-hydrogen) atoms. The number of ether oxygens (including phenoxy) is 1. The van der Waals surface area contributed by atoms with Crippen LogP contribution in [0.3, 0.4) is 0 Å². The molecule has 3 heteroatoms. The van der Waals surface area contributed by atoms with Crippen molar-refractivity contribution in [1.29, 1.82) is 0 Å². The number of hydrogen-bond donors (Lipinski definition) is 1. The van der Waals surface area contributed by atoms with Crippen molar-refractivity contribution in [3.63, 3.8) is 0 Å². The van der Waals surface area contributed by atoms with Gasteiger partial charge >= 0.3 is 0 Å². The summed E-state index contributed by atoms with van der Waals surface area (Å²) in [4.78, 5) is 2.19. The van der Waals surface area contributed by atoms with Gasteiger partial charge in [-0.1, -0.05) is 30.3 Å². The van der Waals surface area contributed by atoms with Crippen LogP contribution in [0.5, 0.6) is 0 Å². The van der Waals surface area contributed by atoms with Crippen molar-refractivity contribution in [3.05, 3.63) is 35.9 Å². The summed E-state index contributed by atoms with van der Waals surface area (Å²) in [5.41, 5.74) is 1.25. The van der Waals surface area contributed by atoms with E-state index in [1.165, 1.54) is 5.56 Å². The summed E-state index contributed by atoms with van der Waals surface area (Å²) in [5, 5.41) is 9.52. The molecule has 1 aliphatic rings. The summed E-state index contributed by atoms with van der Waals surface area (Å²) >= 11 is 0. The van der Waals surface area contributed by atoms with E-state index in [9.17, 15) is 5.11 Å². The molecule has 88 valence electrons. The molecule has 1 fully saturated rings. The lowest BCUT2D eigenvalue weighted by molar-refractivity contribution is 0.128. The lowest BCUT2D eigenvalue weighted by Gasteiger charge is -2.30. The molecular weight excluding hydrogens is 202 g/mol. The van der Waals surface area contributed by atoms with E-state index < -0.39 is 0 Å². The summed E-state index contributed by atoms with van der Waals surface area (Å²) < 4.78 is 5.61. The Labute approximate surface area is 96.6 Å². The molecule has 0 amide bonds. The molecule has 0 spiro atoms. The molecule has 1 aromatic carbocycles. The molecule has 3 nitrogen and oxygen atoms in total. The van der Waals surface area contributed by atoms with E-state index in [0.29, 0.717) is 6.61 Å². The van der Waals surface area contributed by atoms with Gasteiger partial charge in [-0.25, -0.2) is 0 Å². The van der Waals surface area contributed by atoms with Crippen LogP contribution >= 0.6 is 0 Å². The molecule has 1 heterocycles. The van der Waals surface area contributed by atoms with E-state index >= 15 is 0 Å². The topological polar surface area (TPSA) is 32.7 Å². The highest BCUT2D eigenvalue weighted by Gasteiger charge is 2.28. The van der Waals surface area contributed by atoms with E-state index in [1.54, 1.807) is 0 Å². The van der Waals surface area contributed by atoms with Crippen LogP contribution in [0.15, 0.2) is 30.3 Å². The first-order valence-electron chi connectivity index (χ1n) is 5.76. The monoisotopic (exact) mass is 221 g/mol. The zero-order chi connectivity index (χ0) is 11.4. The minimum absolute atomic E-state index is 0.157. The van der Waals surface area contributed by atoms with Crippen molar-refractivity contribution in [2.45, 2.75) is 12.0 Å². The summed E-state index contributed by atoms with van der Waals surface area (Å²) in [7, 11) is 2.05. The van der Waals surface area contributed by atoms with Gasteiger partial charge in [0.15, 0.2) is 0 Å². The standard InChI is InChI=1S/C13H19NO2/c1-14-7-8-16-10-12(13(14)9-15)11-5-3-2-4-6-11/h2-6,12-13,15H,7-10H2,1H3. The molecule has 1 aromatic rings. The van der Waals surface area contributed by atoms with Crippen LogP contribution in [0.2, 0.25) is 0 Å². The SMILES string of the molecule is CN1CCOCC(c2ccccc2)C1CO. The Bertz CT molecular complexity index is 315. The predicted octanol–water partition coefficient (Wildman–Crippen LogP) is 1.09. The number of rotatable bonds is 2. The third kappa shape index (κ3) is 2.43. The quantitative estimate of drug-likeness (QED) is 0.811. The molecular formula is C13H19NO2. The first-order chi connectivity index (χ1) is 7.83. The normalized spacial score (nSPS) is 27.6. The Morgan fingerprint density at radius 3 is 2.81 bits per heavy atom. The van der Waals surface area contributed by atoms with Gasteiger partial charge in [0, 0.05) is 18.5 Å². The van der Waals surface area contributed by atoms with E-state index in [0.717, 1.165) is 13.2 Å². The van der Waals surface area contributed by atoms with Gasteiger partial charge in [0.1, 0.15) is 0 Å². The summed E-state index contributed by atoms with van der Waals surface area (Å²) in [5.74, 6) is 0.263. The van der Waals surface area contributed by atoms with Crippen LogP contribution in [-0.2, 0) is 4.74 Å². The molecule has 1 N–H and O–H groups in total. The Morgan fingerprint density at radius 1 is 1.38 bits per heavy atom. The highest BCUT2D eigenvalue weighted by atomic mass is 16.5. The van der Waals surface area contributed by atoms with E-state index in [4.69, 9.17) is 4.74 Å². The molecule has 0 saturated carbocycles. The third-order valence-corrected chi connectivity index (χ3v) is 3.33. The molecule has 2 atom stereocenters. The van der Waals surface area contributed by atoms with Crippen molar-refractivity contribution in [2.75, 3.05) is 33.4 Å². The molecule has 0 aliphatic carbocycles. The average Bonchev–Trinajstić information content (AvgIpc) is 2.52. The van der Waals surface area contributed by atoms with E-state index in [2.05, 4.69) is 17.0 Å². The highest BCUT2D eigenvalue weighted by Crippen LogP contribution is 2.25. The maximum Gasteiger partial charge on any atom is 0.0593 e. The van der Waals surface area contributed by atoms with E-state index in [1.807, 2.05) is 25.2 Å². The van der Waals surface area contributed by atoms with Gasteiger partial charge in [-0.05, 0) is 12.6 Å². The second-order valence-corrected chi connectivity index (χ2v) is 4.32. The molecule has 2 unspecified atom stereocenters. The number of benzene rings is 1. The lowest BCUT2D eigenvalue weighted by Crippen LogP contribution is -2.39. The van der Waals surface area contributed by atoms with Gasteiger partial charge in [0.05, 0.1) is 19.8 Å². The summed E-state index contributed by atoms with van der Waals surface area (Å²) in [6, 6.07) is 10.5. The number of aliphatic hydroxyl groups is 1. The Morgan fingerprint density at radius 2 is 2.12 bits per heavy atom. The van der Waals surface area contributed by atoms with Crippen LogP contribution < -0.4 is 0 Å². The van der Waals surface area contributed by atoms with Gasteiger partial charge in [-0.15, -0.1) is 0 Å². The molecule has 1 aliphatic heterocycles. The fourth-order valence-corrected chi connectivity index (χ4v) is 2.29. The van der Waals surface area contributed by atoms with Crippen molar-refractivity contribution in [3.8, 4) is 0 Å². The van der Waals surface area contributed by atoms with Crippen molar-refractivity contribution in [1.82, 2.24) is 4.90 Å². The van der Waals surface area contributed by atoms with Crippen LogP contribution in [0.25, 0.3) is 0 Å². The second-order valence-electron chi connectivity index (χ2n) is 4.32. The third-order valence-electron chi connectivity index (χ3n) is 3.33. The van der Waals surface area contributed by atoms with E-state index in [-0.39, 0.29) is 18.6 Å². The van der Waals surface area contributed by atoms with Gasteiger partial charge in [0.25, 0.3) is 0 Å². The van der Waals surface area contributed by atoms with Crippen molar-refractivity contribution < 1.29 is 9.84 Å². The lowest BCUT2D eigenvalue weighted by atomic mass is 9.92. The fourth-order valence-electron chi connectivity index (χ4n) is 2.29. The predicted molar refractivity (Wildman–Crippen MR) is 63.5 cm³/mol. The molecule has 0 radical (unpaired) electrons.